The zero-order valence-corrected chi connectivity index (χ0v) is 17.3. The van der Waals surface area contributed by atoms with Crippen LogP contribution >= 0.6 is 0 Å². The summed E-state index contributed by atoms with van der Waals surface area (Å²) in [6.45, 7) is 3.61. The van der Waals surface area contributed by atoms with E-state index in [0.29, 0.717) is 6.61 Å². The number of benzene rings is 2. The first-order chi connectivity index (χ1) is 13.5. The number of carbonyl (C=O) groups excluding carboxylic acids is 1. The van der Waals surface area contributed by atoms with Gasteiger partial charge in [0, 0.05) is 12.2 Å². The molecule has 1 N–H and O–H groups in total. The molecule has 1 aliphatic carbocycles. The van der Waals surface area contributed by atoms with Gasteiger partial charge in [-0.3, -0.25) is 4.79 Å². The third-order valence-electron chi connectivity index (χ3n) is 5.63. The lowest BCUT2D eigenvalue weighted by molar-refractivity contribution is -0.122. The van der Waals surface area contributed by atoms with Crippen molar-refractivity contribution in [2.45, 2.75) is 44.4 Å². The van der Waals surface area contributed by atoms with Crippen molar-refractivity contribution in [3.8, 4) is 5.75 Å². The minimum atomic E-state index is -0.425. The molecule has 3 rings (SSSR count). The number of carbonyl (C=O) groups is 1. The van der Waals surface area contributed by atoms with Crippen LogP contribution in [0.3, 0.4) is 0 Å². The Labute approximate surface area is 168 Å². The van der Waals surface area contributed by atoms with Crippen LogP contribution in [-0.2, 0) is 10.2 Å². The highest BCUT2D eigenvalue weighted by Crippen LogP contribution is 2.40. The zero-order chi connectivity index (χ0) is 20.0. The average Bonchev–Trinajstić information content (AvgIpc) is 2.69. The fraction of sp³-hybridized carbons (Fsp3) is 0.458. The molecule has 0 saturated heterocycles. The van der Waals surface area contributed by atoms with Crippen LogP contribution in [0.15, 0.2) is 48.5 Å². The van der Waals surface area contributed by atoms with Crippen molar-refractivity contribution in [3.05, 3.63) is 59.7 Å². The number of rotatable bonds is 7. The van der Waals surface area contributed by atoms with E-state index in [-0.39, 0.29) is 5.91 Å². The van der Waals surface area contributed by atoms with E-state index in [1.54, 1.807) is 0 Å². The van der Waals surface area contributed by atoms with Gasteiger partial charge in [0.15, 0.2) is 0 Å². The van der Waals surface area contributed by atoms with Gasteiger partial charge in [-0.1, -0.05) is 49.1 Å². The molecule has 1 fully saturated rings. The summed E-state index contributed by atoms with van der Waals surface area (Å²) in [7, 11) is 4.05. The molecule has 0 unspecified atom stereocenters. The molecule has 1 amide bonds. The smallest absolute Gasteiger partial charge is 0.235 e. The molecule has 0 radical (unpaired) electrons. The predicted molar refractivity (Wildman–Crippen MR) is 115 cm³/mol. The van der Waals surface area contributed by atoms with Crippen molar-refractivity contribution in [2.24, 2.45) is 0 Å². The molecule has 4 nitrogen and oxygen atoms in total. The quantitative estimate of drug-likeness (QED) is 0.752. The van der Waals surface area contributed by atoms with Gasteiger partial charge in [-0.05, 0) is 63.7 Å². The monoisotopic (exact) mass is 380 g/mol. The van der Waals surface area contributed by atoms with Crippen LogP contribution in [0.5, 0.6) is 5.75 Å². The van der Waals surface area contributed by atoms with E-state index in [4.69, 9.17) is 4.74 Å². The number of aryl methyl sites for hydroxylation is 1. The summed E-state index contributed by atoms with van der Waals surface area (Å²) in [4.78, 5) is 15.5. The van der Waals surface area contributed by atoms with Crippen LogP contribution < -0.4 is 10.1 Å². The summed E-state index contributed by atoms with van der Waals surface area (Å²) in [5.74, 6) is 0.935. The molecule has 0 aliphatic heterocycles. The van der Waals surface area contributed by atoms with E-state index in [0.717, 1.165) is 49.2 Å². The molecule has 150 valence electrons. The summed E-state index contributed by atoms with van der Waals surface area (Å²) >= 11 is 0. The normalized spacial score (nSPS) is 16.0. The molecular formula is C24H32N2O2. The predicted octanol–water partition coefficient (Wildman–Crippen LogP) is 4.78. The molecule has 0 aromatic heterocycles. The second-order valence-corrected chi connectivity index (χ2v) is 8.14. The molecule has 0 spiro atoms. The number of hydrogen-bond acceptors (Lipinski definition) is 3. The highest BCUT2D eigenvalue weighted by atomic mass is 16.5. The van der Waals surface area contributed by atoms with Gasteiger partial charge in [-0.25, -0.2) is 0 Å². The number of amides is 1. The van der Waals surface area contributed by atoms with Gasteiger partial charge in [-0.15, -0.1) is 0 Å². The fourth-order valence-corrected chi connectivity index (χ4v) is 3.98. The lowest BCUT2D eigenvalue weighted by Gasteiger charge is -2.36. The second-order valence-electron chi connectivity index (χ2n) is 8.14. The SMILES string of the molecule is Cc1cccc(C2(C(=O)Nc3ccc(OCCN(C)C)cc3)CCCCC2)c1. The van der Waals surface area contributed by atoms with E-state index in [2.05, 4.69) is 41.4 Å². The number of hydrogen-bond donors (Lipinski definition) is 1. The summed E-state index contributed by atoms with van der Waals surface area (Å²) in [5, 5.41) is 3.17. The van der Waals surface area contributed by atoms with E-state index < -0.39 is 5.41 Å². The molecule has 4 heteroatoms. The summed E-state index contributed by atoms with van der Waals surface area (Å²) in [6, 6.07) is 16.1. The van der Waals surface area contributed by atoms with Gasteiger partial charge in [0.25, 0.3) is 0 Å². The van der Waals surface area contributed by atoms with Crippen LogP contribution in [0, 0.1) is 6.92 Å². The van der Waals surface area contributed by atoms with Gasteiger partial charge in [0.1, 0.15) is 12.4 Å². The minimum absolute atomic E-state index is 0.110. The Balaban J connectivity index is 1.72. The Bertz CT molecular complexity index is 777. The molecule has 0 atom stereocenters. The highest BCUT2D eigenvalue weighted by Gasteiger charge is 2.41. The third kappa shape index (κ3) is 4.93. The van der Waals surface area contributed by atoms with Gasteiger partial charge in [0.05, 0.1) is 5.41 Å². The Morgan fingerprint density at radius 3 is 2.43 bits per heavy atom. The van der Waals surface area contributed by atoms with Crippen molar-refractivity contribution >= 4 is 11.6 Å². The van der Waals surface area contributed by atoms with Crippen molar-refractivity contribution in [1.29, 1.82) is 0 Å². The number of likely N-dealkylation sites (N-methyl/N-ethyl adjacent to an activating group) is 1. The molecule has 1 aliphatic rings. The highest BCUT2D eigenvalue weighted by molar-refractivity contribution is 5.99. The first-order valence-corrected chi connectivity index (χ1v) is 10.3. The van der Waals surface area contributed by atoms with Crippen LogP contribution in [-0.4, -0.2) is 38.1 Å². The maximum Gasteiger partial charge on any atom is 0.235 e. The number of ether oxygens (including phenoxy) is 1. The minimum Gasteiger partial charge on any atom is -0.492 e. The Hall–Kier alpha value is -2.33. The first-order valence-electron chi connectivity index (χ1n) is 10.3. The molecule has 0 heterocycles. The zero-order valence-electron chi connectivity index (χ0n) is 17.3. The topological polar surface area (TPSA) is 41.6 Å². The van der Waals surface area contributed by atoms with E-state index in [1.807, 2.05) is 38.4 Å². The summed E-state index contributed by atoms with van der Waals surface area (Å²) < 4.78 is 5.74. The average molecular weight is 381 g/mol. The molecule has 2 aromatic carbocycles. The first kappa shape index (κ1) is 20.4. The van der Waals surface area contributed by atoms with Crippen molar-refractivity contribution in [3.63, 3.8) is 0 Å². The maximum atomic E-state index is 13.4. The van der Waals surface area contributed by atoms with E-state index in [1.165, 1.54) is 12.0 Å². The van der Waals surface area contributed by atoms with Gasteiger partial charge in [0.2, 0.25) is 5.91 Å². The summed E-state index contributed by atoms with van der Waals surface area (Å²) in [5.41, 5.74) is 2.75. The van der Waals surface area contributed by atoms with Crippen LogP contribution in [0.25, 0.3) is 0 Å². The fourth-order valence-electron chi connectivity index (χ4n) is 3.98. The molecule has 1 saturated carbocycles. The lowest BCUT2D eigenvalue weighted by atomic mass is 9.68. The Morgan fingerprint density at radius 1 is 1.07 bits per heavy atom. The molecular weight excluding hydrogens is 348 g/mol. The number of anilines is 1. The van der Waals surface area contributed by atoms with Crippen LogP contribution in [0.4, 0.5) is 5.69 Å². The van der Waals surface area contributed by atoms with Crippen molar-refractivity contribution in [2.75, 3.05) is 32.6 Å². The van der Waals surface area contributed by atoms with Crippen LogP contribution in [0.1, 0.15) is 43.2 Å². The standard InChI is InChI=1S/C24H32N2O2/c1-19-8-7-9-20(18-19)24(14-5-4-6-15-24)23(27)25-21-10-12-22(13-11-21)28-17-16-26(2)3/h7-13,18H,4-6,14-17H2,1-3H3,(H,25,27). The molecule has 0 bridgehead atoms. The third-order valence-corrected chi connectivity index (χ3v) is 5.63. The van der Waals surface area contributed by atoms with Crippen molar-refractivity contribution in [1.82, 2.24) is 4.90 Å². The van der Waals surface area contributed by atoms with Crippen molar-refractivity contribution < 1.29 is 9.53 Å². The number of nitrogens with zero attached hydrogens (tertiary/aromatic N) is 1. The van der Waals surface area contributed by atoms with Gasteiger partial charge in [-0.2, -0.15) is 0 Å². The van der Waals surface area contributed by atoms with Gasteiger partial charge >= 0.3 is 0 Å². The summed E-state index contributed by atoms with van der Waals surface area (Å²) in [6.07, 6.45) is 5.22. The number of nitrogens with one attached hydrogen (secondary N) is 1. The molecule has 2 aromatic rings. The largest absolute Gasteiger partial charge is 0.492 e. The van der Waals surface area contributed by atoms with E-state index in [9.17, 15) is 4.79 Å². The second kappa shape index (κ2) is 9.24. The Morgan fingerprint density at radius 2 is 1.79 bits per heavy atom. The van der Waals surface area contributed by atoms with Gasteiger partial charge < -0.3 is 15.0 Å². The van der Waals surface area contributed by atoms with E-state index >= 15 is 0 Å². The van der Waals surface area contributed by atoms with Crippen LogP contribution in [0.2, 0.25) is 0 Å². The molecule has 28 heavy (non-hydrogen) atoms. The lowest BCUT2D eigenvalue weighted by Crippen LogP contribution is -2.42. The Kier molecular flexibility index (Phi) is 6.74. The maximum absolute atomic E-state index is 13.4.